The van der Waals surface area contributed by atoms with Gasteiger partial charge >= 0.3 is 0 Å². The highest BCUT2D eigenvalue weighted by atomic mass is 16.5. The molecule has 0 bridgehead atoms. The number of H-pyrrole nitrogens is 1. The molecule has 136 valence electrons. The summed E-state index contributed by atoms with van der Waals surface area (Å²) >= 11 is 0. The van der Waals surface area contributed by atoms with Gasteiger partial charge in [-0.2, -0.15) is 0 Å². The van der Waals surface area contributed by atoms with Crippen LogP contribution in [0.15, 0.2) is 29.1 Å². The van der Waals surface area contributed by atoms with Gasteiger partial charge in [-0.05, 0) is 44.2 Å². The predicted octanol–water partition coefficient (Wildman–Crippen LogP) is 2.13. The molecule has 1 aliphatic rings. The zero-order valence-electron chi connectivity index (χ0n) is 15.2. The lowest BCUT2D eigenvalue weighted by atomic mass is 10.1. The van der Waals surface area contributed by atoms with Crippen LogP contribution < -0.4 is 0 Å². The van der Waals surface area contributed by atoms with Crippen LogP contribution in [0.3, 0.4) is 0 Å². The number of aryl methyl sites for hydroxylation is 2. The number of aromatic nitrogens is 1. The zero-order valence-corrected chi connectivity index (χ0v) is 15.2. The van der Waals surface area contributed by atoms with E-state index in [0.29, 0.717) is 26.1 Å². The summed E-state index contributed by atoms with van der Waals surface area (Å²) in [6.45, 7) is 7.78. The minimum Gasteiger partial charge on any atom is -0.472 e. The summed E-state index contributed by atoms with van der Waals surface area (Å²) in [5.41, 5.74) is 4.28. The minimum absolute atomic E-state index is 0.0485. The van der Waals surface area contributed by atoms with Crippen LogP contribution in [0.4, 0.5) is 0 Å². The van der Waals surface area contributed by atoms with E-state index in [2.05, 4.69) is 23.0 Å². The summed E-state index contributed by atoms with van der Waals surface area (Å²) in [6, 6.07) is 3.95. The third-order valence-corrected chi connectivity index (χ3v) is 4.67. The van der Waals surface area contributed by atoms with Crippen LogP contribution in [0, 0.1) is 13.8 Å². The predicted molar refractivity (Wildman–Crippen MR) is 95.3 cm³/mol. The van der Waals surface area contributed by atoms with Gasteiger partial charge in [0.05, 0.1) is 31.7 Å². The first-order chi connectivity index (χ1) is 12.0. The number of hydrogen-bond donors (Lipinski definition) is 1. The molecule has 6 heteroatoms. The Labute approximate surface area is 148 Å². The van der Waals surface area contributed by atoms with Gasteiger partial charge < -0.3 is 23.9 Å². The molecule has 1 fully saturated rings. The normalized spacial score (nSPS) is 18.4. The highest BCUT2D eigenvalue weighted by Gasteiger charge is 2.24. The van der Waals surface area contributed by atoms with E-state index in [4.69, 9.17) is 9.15 Å². The number of ether oxygens (including phenoxy) is 1. The van der Waals surface area contributed by atoms with Crippen molar-refractivity contribution in [2.75, 3.05) is 33.3 Å². The molecule has 0 radical (unpaired) electrons. The lowest BCUT2D eigenvalue weighted by Crippen LogP contribution is -2.47. The lowest BCUT2D eigenvalue weighted by Gasteiger charge is -2.34. The summed E-state index contributed by atoms with van der Waals surface area (Å²) in [7, 11) is 2.09. The highest BCUT2D eigenvalue weighted by Crippen LogP contribution is 2.16. The van der Waals surface area contributed by atoms with Gasteiger partial charge in [-0.25, -0.2) is 0 Å². The first kappa shape index (κ1) is 17.8. The van der Waals surface area contributed by atoms with Gasteiger partial charge in [0.15, 0.2) is 0 Å². The van der Waals surface area contributed by atoms with Crippen molar-refractivity contribution in [3.8, 4) is 0 Å². The van der Waals surface area contributed by atoms with Crippen LogP contribution in [-0.4, -0.2) is 60.1 Å². The van der Waals surface area contributed by atoms with Crippen LogP contribution in [0.25, 0.3) is 0 Å². The molecule has 1 N–H and O–H groups in total. The van der Waals surface area contributed by atoms with Gasteiger partial charge in [-0.3, -0.25) is 4.79 Å². The maximum absolute atomic E-state index is 12.9. The fourth-order valence-corrected chi connectivity index (χ4v) is 3.31. The molecular weight excluding hydrogens is 318 g/mol. The second kappa shape index (κ2) is 7.89. The Kier molecular flexibility index (Phi) is 5.60. The van der Waals surface area contributed by atoms with Gasteiger partial charge in [0, 0.05) is 37.6 Å². The van der Waals surface area contributed by atoms with E-state index >= 15 is 0 Å². The standard InChI is InChI=1S/C19H27N3O3/c1-14-8-17(15(2)20-14)10-22(12-18-11-21(3)5-7-25-18)19(23)9-16-4-6-24-13-16/h4,6,8,13,18,20H,5,7,9-12H2,1-3H3. The monoisotopic (exact) mass is 345 g/mol. The number of hydrogen-bond acceptors (Lipinski definition) is 4. The van der Waals surface area contributed by atoms with Crippen molar-refractivity contribution in [2.24, 2.45) is 0 Å². The van der Waals surface area contributed by atoms with E-state index in [-0.39, 0.29) is 12.0 Å². The van der Waals surface area contributed by atoms with Crippen molar-refractivity contribution >= 4 is 5.91 Å². The maximum atomic E-state index is 12.9. The molecule has 2 aromatic rings. The number of nitrogens with one attached hydrogen (secondary N) is 1. The van der Waals surface area contributed by atoms with E-state index < -0.39 is 0 Å². The van der Waals surface area contributed by atoms with E-state index in [0.717, 1.165) is 35.6 Å². The minimum atomic E-state index is 0.0485. The Morgan fingerprint density at radius 3 is 2.92 bits per heavy atom. The lowest BCUT2D eigenvalue weighted by molar-refractivity contribution is -0.134. The number of carbonyl (C=O) groups is 1. The fraction of sp³-hybridized carbons (Fsp3) is 0.526. The Morgan fingerprint density at radius 1 is 1.44 bits per heavy atom. The fourth-order valence-electron chi connectivity index (χ4n) is 3.31. The zero-order chi connectivity index (χ0) is 17.8. The van der Waals surface area contributed by atoms with Crippen molar-refractivity contribution < 1.29 is 13.9 Å². The van der Waals surface area contributed by atoms with Crippen LogP contribution >= 0.6 is 0 Å². The second-order valence-corrected chi connectivity index (χ2v) is 6.94. The SMILES string of the molecule is Cc1cc(CN(CC2CN(C)CCO2)C(=O)Cc2ccoc2)c(C)[nH]1. The van der Waals surface area contributed by atoms with E-state index in [1.54, 1.807) is 12.5 Å². The van der Waals surface area contributed by atoms with Gasteiger partial charge in [0.1, 0.15) is 0 Å². The Bertz CT molecular complexity index is 693. The number of nitrogens with zero attached hydrogens (tertiary/aromatic N) is 2. The highest BCUT2D eigenvalue weighted by molar-refractivity contribution is 5.78. The molecule has 1 unspecified atom stereocenters. The molecule has 0 saturated carbocycles. The molecule has 1 atom stereocenters. The molecular formula is C19H27N3O3. The number of amides is 1. The van der Waals surface area contributed by atoms with Crippen molar-refractivity contribution in [3.05, 3.63) is 47.2 Å². The number of likely N-dealkylation sites (N-methyl/N-ethyl adjacent to an activating group) is 1. The summed E-state index contributed by atoms with van der Waals surface area (Å²) in [4.78, 5) is 20.4. The van der Waals surface area contributed by atoms with Gasteiger partial charge in [-0.15, -0.1) is 0 Å². The Hall–Kier alpha value is -2.05. The third kappa shape index (κ3) is 4.74. The van der Waals surface area contributed by atoms with Crippen LogP contribution in [0.2, 0.25) is 0 Å². The number of rotatable bonds is 6. The number of morpholine rings is 1. The van der Waals surface area contributed by atoms with Crippen LogP contribution in [-0.2, 0) is 22.5 Å². The van der Waals surface area contributed by atoms with Gasteiger partial charge in [-0.1, -0.05) is 0 Å². The Morgan fingerprint density at radius 2 is 2.28 bits per heavy atom. The largest absolute Gasteiger partial charge is 0.472 e. The molecule has 0 aliphatic carbocycles. The second-order valence-electron chi connectivity index (χ2n) is 6.94. The van der Waals surface area contributed by atoms with Crippen molar-refractivity contribution in [2.45, 2.75) is 32.9 Å². The van der Waals surface area contributed by atoms with Crippen LogP contribution in [0.5, 0.6) is 0 Å². The summed E-state index contributed by atoms with van der Waals surface area (Å²) in [5, 5.41) is 0. The molecule has 3 rings (SSSR count). The average molecular weight is 345 g/mol. The molecule has 1 amide bonds. The molecule has 25 heavy (non-hydrogen) atoms. The summed E-state index contributed by atoms with van der Waals surface area (Å²) in [6.07, 6.45) is 3.63. The molecule has 3 heterocycles. The molecule has 0 spiro atoms. The van der Waals surface area contributed by atoms with E-state index in [1.807, 2.05) is 24.8 Å². The summed E-state index contributed by atoms with van der Waals surface area (Å²) in [5.74, 6) is 0.0940. The van der Waals surface area contributed by atoms with Crippen LogP contribution in [0.1, 0.15) is 22.5 Å². The first-order valence-corrected chi connectivity index (χ1v) is 8.75. The topological polar surface area (TPSA) is 61.7 Å². The first-order valence-electron chi connectivity index (χ1n) is 8.75. The molecule has 1 saturated heterocycles. The summed E-state index contributed by atoms with van der Waals surface area (Å²) < 4.78 is 11.0. The average Bonchev–Trinajstić information content (AvgIpc) is 3.16. The Balaban J connectivity index is 1.72. The smallest absolute Gasteiger partial charge is 0.227 e. The maximum Gasteiger partial charge on any atom is 0.227 e. The van der Waals surface area contributed by atoms with Crippen molar-refractivity contribution in [1.82, 2.24) is 14.8 Å². The van der Waals surface area contributed by atoms with Crippen molar-refractivity contribution in [1.29, 1.82) is 0 Å². The third-order valence-electron chi connectivity index (χ3n) is 4.67. The van der Waals surface area contributed by atoms with Gasteiger partial charge in [0.2, 0.25) is 5.91 Å². The molecule has 0 aromatic carbocycles. The number of carbonyl (C=O) groups excluding carboxylic acids is 1. The number of furan rings is 1. The van der Waals surface area contributed by atoms with Gasteiger partial charge in [0.25, 0.3) is 0 Å². The van der Waals surface area contributed by atoms with E-state index in [1.165, 1.54) is 0 Å². The molecule has 6 nitrogen and oxygen atoms in total. The molecule has 1 aliphatic heterocycles. The quantitative estimate of drug-likeness (QED) is 0.871. The molecule has 2 aromatic heterocycles. The number of aromatic amines is 1. The van der Waals surface area contributed by atoms with E-state index in [9.17, 15) is 4.79 Å². The van der Waals surface area contributed by atoms with Crippen molar-refractivity contribution in [3.63, 3.8) is 0 Å².